The van der Waals surface area contributed by atoms with Gasteiger partial charge in [-0.05, 0) is 76.5 Å². The first kappa shape index (κ1) is 14.5. The highest BCUT2D eigenvalue weighted by Gasteiger charge is 2.49. The third kappa shape index (κ3) is 2.77. The van der Waals surface area contributed by atoms with Crippen LogP contribution in [0.4, 0.5) is 0 Å². The molecule has 0 radical (unpaired) electrons. The summed E-state index contributed by atoms with van der Waals surface area (Å²) in [6.45, 7) is 10.5. The predicted octanol–water partition coefficient (Wildman–Crippen LogP) is 2.28. The molecule has 1 unspecified atom stereocenters. The van der Waals surface area contributed by atoms with Crippen LogP contribution in [0.1, 0.15) is 45.4 Å². The Labute approximate surface area is 130 Å². The van der Waals surface area contributed by atoms with Crippen molar-refractivity contribution in [3.8, 4) is 0 Å². The van der Waals surface area contributed by atoms with Crippen molar-refractivity contribution in [2.75, 3.05) is 46.3 Å². The molecule has 0 N–H and O–H groups in total. The van der Waals surface area contributed by atoms with E-state index in [1.807, 2.05) is 0 Å². The minimum Gasteiger partial charge on any atom is -0.305 e. The van der Waals surface area contributed by atoms with Crippen LogP contribution in [-0.2, 0) is 0 Å². The van der Waals surface area contributed by atoms with Crippen molar-refractivity contribution in [2.24, 2.45) is 11.3 Å². The lowest BCUT2D eigenvalue weighted by Gasteiger charge is -2.59. The van der Waals surface area contributed by atoms with Crippen LogP contribution in [0.2, 0.25) is 0 Å². The van der Waals surface area contributed by atoms with Gasteiger partial charge in [0.15, 0.2) is 0 Å². The second kappa shape index (κ2) is 5.50. The van der Waals surface area contributed by atoms with Crippen molar-refractivity contribution in [3.63, 3.8) is 0 Å². The third-order valence-electron chi connectivity index (χ3n) is 6.92. The maximum Gasteiger partial charge on any atom is 0.0223 e. The molecule has 120 valence electrons. The maximum atomic E-state index is 2.82. The Balaban J connectivity index is 1.24. The fourth-order valence-electron chi connectivity index (χ4n) is 5.45. The molecule has 21 heavy (non-hydrogen) atoms. The molecule has 3 heterocycles. The summed E-state index contributed by atoms with van der Waals surface area (Å²) in [5, 5.41) is 0. The summed E-state index contributed by atoms with van der Waals surface area (Å²) in [6, 6.07) is 1.81. The van der Waals surface area contributed by atoms with Crippen molar-refractivity contribution in [2.45, 2.75) is 57.5 Å². The average molecular weight is 291 g/mol. The Morgan fingerprint density at radius 3 is 2.19 bits per heavy atom. The Morgan fingerprint density at radius 1 is 0.857 bits per heavy atom. The molecule has 0 aromatic carbocycles. The highest BCUT2D eigenvalue weighted by Crippen LogP contribution is 2.52. The van der Waals surface area contributed by atoms with Crippen LogP contribution in [0.15, 0.2) is 0 Å². The summed E-state index contributed by atoms with van der Waals surface area (Å²) in [5.74, 6) is 0.965. The highest BCUT2D eigenvalue weighted by molar-refractivity contribution is 5.03. The molecular weight excluding hydrogens is 258 g/mol. The molecule has 0 aromatic rings. The van der Waals surface area contributed by atoms with Crippen LogP contribution >= 0.6 is 0 Å². The molecule has 1 saturated carbocycles. The number of likely N-dealkylation sites (tertiary alicyclic amines) is 3. The van der Waals surface area contributed by atoms with Gasteiger partial charge in [-0.15, -0.1) is 0 Å². The van der Waals surface area contributed by atoms with Gasteiger partial charge in [0.2, 0.25) is 0 Å². The van der Waals surface area contributed by atoms with Crippen molar-refractivity contribution in [3.05, 3.63) is 0 Å². The van der Waals surface area contributed by atoms with Crippen LogP contribution in [0.3, 0.4) is 0 Å². The van der Waals surface area contributed by atoms with E-state index in [1.165, 1.54) is 77.8 Å². The summed E-state index contributed by atoms with van der Waals surface area (Å²) in [4.78, 5) is 8.10. The highest BCUT2D eigenvalue weighted by atomic mass is 15.2. The van der Waals surface area contributed by atoms with E-state index in [1.54, 1.807) is 0 Å². The van der Waals surface area contributed by atoms with Gasteiger partial charge in [-0.25, -0.2) is 0 Å². The first-order chi connectivity index (χ1) is 10.1. The molecule has 1 spiro atoms. The molecule has 4 fully saturated rings. The number of nitrogens with zero attached hydrogens (tertiary/aromatic N) is 3. The lowest BCUT2D eigenvalue weighted by atomic mass is 9.59. The molecule has 3 saturated heterocycles. The van der Waals surface area contributed by atoms with Gasteiger partial charge in [-0.1, -0.05) is 6.92 Å². The molecule has 4 aliphatic rings. The number of likely N-dealkylation sites (N-methyl/N-ethyl adjacent to an activating group) is 1. The van der Waals surface area contributed by atoms with Crippen molar-refractivity contribution < 1.29 is 0 Å². The summed E-state index contributed by atoms with van der Waals surface area (Å²) >= 11 is 0. The third-order valence-corrected chi connectivity index (χ3v) is 6.92. The molecule has 4 rings (SSSR count). The number of piperidine rings is 2. The summed E-state index contributed by atoms with van der Waals surface area (Å²) in [5.41, 5.74) is 0.751. The molecule has 3 heteroatoms. The van der Waals surface area contributed by atoms with Crippen LogP contribution in [0.5, 0.6) is 0 Å². The maximum absolute atomic E-state index is 2.82. The lowest BCUT2D eigenvalue weighted by molar-refractivity contribution is -0.0833. The zero-order valence-electron chi connectivity index (χ0n) is 14.1. The quantitative estimate of drug-likeness (QED) is 0.773. The van der Waals surface area contributed by atoms with Gasteiger partial charge in [-0.3, -0.25) is 9.80 Å². The smallest absolute Gasteiger partial charge is 0.0223 e. The molecule has 1 atom stereocenters. The van der Waals surface area contributed by atoms with Crippen LogP contribution < -0.4 is 0 Å². The molecule has 3 nitrogen and oxygen atoms in total. The van der Waals surface area contributed by atoms with Crippen molar-refractivity contribution in [1.82, 2.24) is 14.7 Å². The molecule has 0 aromatic heterocycles. The number of rotatable bonds is 2. The molecule has 0 bridgehead atoms. The predicted molar refractivity (Wildman–Crippen MR) is 87.5 cm³/mol. The van der Waals surface area contributed by atoms with E-state index >= 15 is 0 Å². The van der Waals surface area contributed by atoms with Crippen molar-refractivity contribution >= 4 is 0 Å². The van der Waals surface area contributed by atoms with E-state index in [-0.39, 0.29) is 0 Å². The second-order valence-electron chi connectivity index (χ2n) is 8.72. The topological polar surface area (TPSA) is 9.72 Å². The zero-order chi connectivity index (χ0) is 14.4. The largest absolute Gasteiger partial charge is 0.305 e. The normalized spacial score (nSPS) is 36.6. The van der Waals surface area contributed by atoms with E-state index in [9.17, 15) is 0 Å². The van der Waals surface area contributed by atoms with Crippen LogP contribution in [-0.4, -0.2) is 73.1 Å². The average Bonchev–Trinajstić information content (AvgIpc) is 2.42. The minimum atomic E-state index is 0.751. The van der Waals surface area contributed by atoms with E-state index < -0.39 is 0 Å². The summed E-state index contributed by atoms with van der Waals surface area (Å²) in [7, 11) is 2.29. The van der Waals surface area contributed by atoms with Gasteiger partial charge in [-0.2, -0.15) is 0 Å². The van der Waals surface area contributed by atoms with Gasteiger partial charge >= 0.3 is 0 Å². The Kier molecular flexibility index (Phi) is 3.79. The fourth-order valence-corrected chi connectivity index (χ4v) is 5.45. The second-order valence-corrected chi connectivity index (χ2v) is 8.72. The molecule has 3 aliphatic heterocycles. The monoisotopic (exact) mass is 291 g/mol. The minimum absolute atomic E-state index is 0.751. The lowest BCUT2D eigenvalue weighted by Crippen LogP contribution is -2.61. The van der Waals surface area contributed by atoms with E-state index in [4.69, 9.17) is 0 Å². The van der Waals surface area contributed by atoms with Crippen LogP contribution in [0, 0.1) is 11.3 Å². The summed E-state index contributed by atoms with van der Waals surface area (Å²) < 4.78 is 0. The summed E-state index contributed by atoms with van der Waals surface area (Å²) in [6.07, 6.45) is 8.82. The number of hydrogen-bond acceptors (Lipinski definition) is 3. The van der Waals surface area contributed by atoms with E-state index in [0.29, 0.717) is 0 Å². The number of hydrogen-bond donors (Lipinski definition) is 0. The van der Waals surface area contributed by atoms with Gasteiger partial charge in [0.25, 0.3) is 0 Å². The SMILES string of the molecule is CC1CN(C2CC3(CCN(C4CCCN(C)C4)CC3)C2)C1. The molecular formula is C18H33N3. The van der Waals surface area contributed by atoms with Crippen molar-refractivity contribution in [1.29, 1.82) is 0 Å². The Hall–Kier alpha value is -0.120. The fraction of sp³-hybridized carbons (Fsp3) is 1.00. The van der Waals surface area contributed by atoms with Gasteiger partial charge in [0.1, 0.15) is 0 Å². The standard InChI is InChI=1S/C18H33N3/c1-15-12-21(13-15)17-10-18(11-17)5-8-20(9-6-18)16-4-3-7-19(2)14-16/h15-17H,3-14H2,1-2H3. The van der Waals surface area contributed by atoms with E-state index in [0.717, 1.165) is 23.4 Å². The zero-order valence-corrected chi connectivity index (χ0v) is 14.1. The first-order valence-electron chi connectivity index (χ1n) is 9.30. The Morgan fingerprint density at radius 2 is 1.57 bits per heavy atom. The van der Waals surface area contributed by atoms with Gasteiger partial charge in [0, 0.05) is 31.7 Å². The van der Waals surface area contributed by atoms with Gasteiger partial charge < -0.3 is 4.90 Å². The first-order valence-corrected chi connectivity index (χ1v) is 9.30. The van der Waals surface area contributed by atoms with Gasteiger partial charge in [0.05, 0.1) is 0 Å². The van der Waals surface area contributed by atoms with Crippen LogP contribution in [0.25, 0.3) is 0 Å². The van der Waals surface area contributed by atoms with E-state index in [2.05, 4.69) is 28.7 Å². The molecule has 0 amide bonds. The molecule has 1 aliphatic carbocycles. The Bertz CT molecular complexity index is 361.